The van der Waals surface area contributed by atoms with Gasteiger partial charge >= 0.3 is 0 Å². The van der Waals surface area contributed by atoms with Crippen molar-refractivity contribution in [3.05, 3.63) is 29.8 Å². The monoisotopic (exact) mass is 343 g/mol. The zero-order valence-corrected chi connectivity index (χ0v) is 13.9. The number of piperidine rings is 2. The van der Waals surface area contributed by atoms with Gasteiger partial charge < -0.3 is 4.74 Å². The van der Waals surface area contributed by atoms with E-state index in [4.69, 9.17) is 9.03 Å². The molecule has 3 unspecified atom stereocenters. The summed E-state index contributed by atoms with van der Waals surface area (Å²) >= 11 is 0. The molecular formula is C16H22ClNO5. The van der Waals surface area contributed by atoms with Crippen LogP contribution in [0.25, 0.3) is 0 Å². The summed E-state index contributed by atoms with van der Waals surface area (Å²) in [5.41, 5.74) is 1.16. The zero-order chi connectivity index (χ0) is 16.4. The molecule has 0 N–H and O–H groups in total. The van der Waals surface area contributed by atoms with Gasteiger partial charge in [0.2, 0.25) is 6.10 Å². The SMILES string of the molecule is COc1cccc(C2CCC(O[Cl+3]([O-])([O-])[O-])C3CCCCN23)c1. The van der Waals surface area contributed by atoms with Crippen molar-refractivity contribution in [2.75, 3.05) is 13.7 Å². The summed E-state index contributed by atoms with van der Waals surface area (Å²) in [5.74, 6) is 0.815. The average Bonchev–Trinajstić information content (AvgIpc) is 2.54. The van der Waals surface area contributed by atoms with Crippen LogP contribution in [0.15, 0.2) is 24.3 Å². The Bertz CT molecular complexity index is 535. The smallest absolute Gasteiger partial charge is 0.229 e. The van der Waals surface area contributed by atoms with Gasteiger partial charge in [0.15, 0.2) is 0 Å². The van der Waals surface area contributed by atoms with Crippen molar-refractivity contribution >= 4 is 0 Å². The summed E-state index contributed by atoms with van der Waals surface area (Å²) in [4.78, 5) is 2.30. The quantitative estimate of drug-likeness (QED) is 0.743. The largest absolute Gasteiger partial charge is 0.497 e. The Hall–Kier alpha value is -0.890. The van der Waals surface area contributed by atoms with Gasteiger partial charge in [0.25, 0.3) is 0 Å². The Labute approximate surface area is 138 Å². The van der Waals surface area contributed by atoms with Crippen molar-refractivity contribution < 1.29 is 33.2 Å². The zero-order valence-electron chi connectivity index (χ0n) is 13.2. The Morgan fingerprint density at radius 3 is 2.70 bits per heavy atom. The molecule has 2 aliphatic heterocycles. The van der Waals surface area contributed by atoms with Crippen molar-refractivity contribution in [1.82, 2.24) is 4.90 Å². The van der Waals surface area contributed by atoms with E-state index < -0.39 is 16.3 Å². The van der Waals surface area contributed by atoms with Gasteiger partial charge in [-0.15, -0.1) is 0 Å². The van der Waals surface area contributed by atoms with E-state index in [0.29, 0.717) is 6.42 Å². The molecule has 2 fully saturated rings. The Kier molecular flexibility index (Phi) is 5.10. The number of methoxy groups -OCH3 is 1. The maximum absolute atomic E-state index is 11.0. The minimum Gasteiger partial charge on any atom is -0.497 e. The number of ether oxygens (including phenoxy) is 1. The van der Waals surface area contributed by atoms with E-state index in [2.05, 4.69) is 11.0 Å². The minimum absolute atomic E-state index is 0.0232. The van der Waals surface area contributed by atoms with E-state index in [1.807, 2.05) is 18.2 Å². The predicted octanol–water partition coefficient (Wildman–Crippen LogP) is -0.333. The molecule has 0 bridgehead atoms. The van der Waals surface area contributed by atoms with E-state index in [1.54, 1.807) is 7.11 Å². The van der Waals surface area contributed by atoms with E-state index in [-0.39, 0.29) is 12.1 Å². The number of nitrogens with zero attached hydrogens (tertiary/aromatic N) is 1. The molecule has 23 heavy (non-hydrogen) atoms. The minimum atomic E-state index is -4.38. The molecule has 0 amide bonds. The molecule has 7 heteroatoms. The van der Waals surface area contributed by atoms with Crippen LogP contribution in [0.2, 0.25) is 0 Å². The van der Waals surface area contributed by atoms with Crippen LogP contribution in [0.4, 0.5) is 0 Å². The van der Waals surface area contributed by atoms with Crippen LogP contribution in [0, 0.1) is 10.2 Å². The third-order valence-corrected chi connectivity index (χ3v) is 5.30. The summed E-state index contributed by atoms with van der Waals surface area (Å²) in [6.07, 6.45) is 3.75. The van der Waals surface area contributed by atoms with Crippen molar-refractivity contribution in [2.24, 2.45) is 0 Å². The fourth-order valence-electron chi connectivity index (χ4n) is 3.90. The van der Waals surface area contributed by atoms with Gasteiger partial charge in [0.1, 0.15) is 5.75 Å². The number of rotatable bonds is 4. The highest BCUT2D eigenvalue weighted by molar-refractivity contribution is 5.31. The molecule has 2 heterocycles. The van der Waals surface area contributed by atoms with Crippen LogP contribution < -0.4 is 18.7 Å². The standard InChI is InChI=1S/C16H22ClNO5/c1-22-13-6-4-5-12(11-13)14-8-9-16(23-17(19,20)21)15-7-2-3-10-18(14)15/h4-6,11,14-16H,2-3,7-10H2,1H3. The molecule has 0 aromatic heterocycles. The van der Waals surface area contributed by atoms with Crippen molar-refractivity contribution in [2.45, 2.75) is 50.3 Å². The molecular weight excluding hydrogens is 322 g/mol. The lowest BCUT2D eigenvalue weighted by molar-refractivity contribution is -1.92. The predicted molar refractivity (Wildman–Crippen MR) is 74.2 cm³/mol. The lowest BCUT2D eigenvalue weighted by Gasteiger charge is -2.46. The second kappa shape index (κ2) is 6.93. The molecule has 0 saturated carbocycles. The maximum atomic E-state index is 11.0. The molecule has 0 spiro atoms. The van der Waals surface area contributed by atoms with Crippen molar-refractivity contribution in [3.63, 3.8) is 0 Å². The molecule has 6 nitrogen and oxygen atoms in total. The van der Waals surface area contributed by atoms with Crippen molar-refractivity contribution in [3.8, 4) is 5.75 Å². The van der Waals surface area contributed by atoms with Gasteiger partial charge in [-0.25, -0.2) is 0 Å². The molecule has 3 rings (SSSR count). The molecule has 2 saturated heterocycles. The first-order chi connectivity index (χ1) is 11.0. The first kappa shape index (κ1) is 17.0. The van der Waals surface area contributed by atoms with Gasteiger partial charge in [0, 0.05) is 6.04 Å². The number of benzene rings is 1. The maximum Gasteiger partial charge on any atom is 0.229 e. The first-order valence-corrected chi connectivity index (χ1v) is 9.20. The first-order valence-electron chi connectivity index (χ1n) is 7.97. The van der Waals surface area contributed by atoms with E-state index in [9.17, 15) is 14.0 Å². The molecule has 1 aromatic carbocycles. The number of fused-ring (bicyclic) bond motifs is 1. The summed E-state index contributed by atoms with van der Waals surface area (Å²) in [6.45, 7) is 0.891. The Morgan fingerprint density at radius 1 is 1.13 bits per heavy atom. The second-order valence-electron chi connectivity index (χ2n) is 6.18. The van der Waals surface area contributed by atoms with Gasteiger partial charge in [0.05, 0.1) is 27.7 Å². The van der Waals surface area contributed by atoms with Crippen LogP contribution in [0.5, 0.6) is 5.75 Å². The van der Waals surface area contributed by atoms with Crippen molar-refractivity contribution in [1.29, 1.82) is 0 Å². The van der Waals surface area contributed by atoms with Gasteiger partial charge in [-0.3, -0.25) is 4.90 Å². The highest BCUT2D eigenvalue weighted by Crippen LogP contribution is 2.40. The van der Waals surface area contributed by atoms with Gasteiger partial charge in [-0.05, 0) is 49.9 Å². The van der Waals surface area contributed by atoms with E-state index >= 15 is 0 Å². The summed E-state index contributed by atoms with van der Waals surface area (Å²) in [5, 5.41) is 0. The van der Waals surface area contributed by atoms with Gasteiger partial charge in [-0.1, -0.05) is 18.6 Å². The molecule has 128 valence electrons. The number of hydrogen-bond acceptors (Lipinski definition) is 6. The molecule has 0 aliphatic carbocycles. The fourth-order valence-corrected chi connectivity index (χ4v) is 4.39. The van der Waals surface area contributed by atoms with Crippen LogP contribution in [0.3, 0.4) is 0 Å². The van der Waals surface area contributed by atoms with Crippen LogP contribution in [0.1, 0.15) is 43.7 Å². The highest BCUT2D eigenvalue weighted by Gasteiger charge is 2.46. The van der Waals surface area contributed by atoms with Crippen LogP contribution in [-0.4, -0.2) is 30.7 Å². The third kappa shape index (κ3) is 3.96. The lowest BCUT2D eigenvalue weighted by atomic mass is 9.84. The molecule has 1 aromatic rings. The van der Waals surface area contributed by atoms with E-state index in [0.717, 1.165) is 43.5 Å². The van der Waals surface area contributed by atoms with Gasteiger partial charge in [-0.2, -0.15) is 14.0 Å². The number of halogens is 1. The second-order valence-corrected chi connectivity index (χ2v) is 7.11. The molecule has 3 atom stereocenters. The molecule has 0 radical (unpaired) electrons. The summed E-state index contributed by atoms with van der Waals surface area (Å²) < 4.78 is 43.0. The topological polar surface area (TPSA) is 90.9 Å². The van der Waals surface area contributed by atoms with E-state index in [1.165, 1.54) is 0 Å². The van der Waals surface area contributed by atoms with Crippen LogP contribution >= 0.6 is 0 Å². The normalized spacial score (nSPS) is 29.1. The Balaban J connectivity index is 1.81. The number of hydrogen-bond donors (Lipinski definition) is 0. The average molecular weight is 344 g/mol. The third-order valence-electron chi connectivity index (χ3n) is 4.85. The lowest BCUT2D eigenvalue weighted by Crippen LogP contribution is -2.65. The summed E-state index contributed by atoms with van der Waals surface area (Å²) in [7, 11) is -2.73. The summed E-state index contributed by atoms with van der Waals surface area (Å²) in [6, 6.07) is 8.17. The highest BCUT2D eigenvalue weighted by atomic mass is 35.7. The Morgan fingerprint density at radius 2 is 1.96 bits per heavy atom. The van der Waals surface area contributed by atoms with Crippen LogP contribution in [-0.2, 0) is 4.29 Å². The fraction of sp³-hybridized carbons (Fsp3) is 0.625. The molecule has 2 aliphatic rings.